The zero-order valence-corrected chi connectivity index (χ0v) is 13.5. The summed E-state index contributed by atoms with van der Waals surface area (Å²) in [6.45, 7) is 1.77. The zero-order valence-electron chi connectivity index (χ0n) is 13.5. The van der Waals surface area contributed by atoms with Gasteiger partial charge in [0.2, 0.25) is 5.91 Å². The number of rotatable bonds is 5. The maximum atomic E-state index is 12.6. The van der Waals surface area contributed by atoms with Crippen molar-refractivity contribution in [2.24, 2.45) is 5.73 Å². The van der Waals surface area contributed by atoms with Crippen LogP contribution in [0, 0.1) is 0 Å². The topological polar surface area (TPSA) is 75.8 Å². The SMILES string of the molecule is NCCOc1cccc(CC(=O)N2Cc3ccccc3[C@H](O)C2)c1. The highest BCUT2D eigenvalue weighted by Gasteiger charge is 2.26. The number of nitrogens with zero attached hydrogens (tertiary/aromatic N) is 1. The highest BCUT2D eigenvalue weighted by Crippen LogP contribution is 2.26. The molecule has 2 aromatic carbocycles. The van der Waals surface area contributed by atoms with Crippen molar-refractivity contribution in [3.63, 3.8) is 0 Å². The van der Waals surface area contributed by atoms with E-state index in [1.165, 1.54) is 0 Å². The molecule has 1 aliphatic heterocycles. The fraction of sp³-hybridized carbons (Fsp3) is 0.316. The molecule has 0 aliphatic carbocycles. The second-order valence-electron chi connectivity index (χ2n) is 5.95. The number of β-amino-alcohol motifs (C(OH)–C–C–N with tert-alkyl or cyclic N) is 1. The lowest BCUT2D eigenvalue weighted by atomic mass is 9.97. The van der Waals surface area contributed by atoms with Crippen LogP contribution in [-0.4, -0.2) is 35.6 Å². The molecule has 0 aromatic heterocycles. The first-order chi connectivity index (χ1) is 11.7. The Kier molecular flexibility index (Phi) is 5.13. The number of benzene rings is 2. The molecule has 1 amide bonds. The monoisotopic (exact) mass is 326 g/mol. The molecular weight excluding hydrogens is 304 g/mol. The number of hydrogen-bond acceptors (Lipinski definition) is 4. The molecule has 2 aromatic rings. The van der Waals surface area contributed by atoms with Gasteiger partial charge in [-0.1, -0.05) is 36.4 Å². The Balaban J connectivity index is 1.68. The first kappa shape index (κ1) is 16.5. The molecule has 0 spiro atoms. The summed E-state index contributed by atoms with van der Waals surface area (Å²) in [4.78, 5) is 14.3. The number of ether oxygens (including phenoxy) is 1. The Morgan fingerprint density at radius 2 is 2.08 bits per heavy atom. The van der Waals surface area contributed by atoms with E-state index in [4.69, 9.17) is 10.5 Å². The average Bonchev–Trinajstić information content (AvgIpc) is 2.60. The lowest BCUT2D eigenvalue weighted by molar-refractivity contribution is -0.133. The Hall–Kier alpha value is -2.37. The van der Waals surface area contributed by atoms with Crippen molar-refractivity contribution in [2.75, 3.05) is 19.7 Å². The summed E-state index contributed by atoms with van der Waals surface area (Å²) in [5, 5.41) is 10.3. The van der Waals surface area contributed by atoms with E-state index in [2.05, 4.69) is 0 Å². The van der Waals surface area contributed by atoms with Crippen molar-refractivity contribution in [1.29, 1.82) is 0 Å². The van der Waals surface area contributed by atoms with Gasteiger partial charge in [0.1, 0.15) is 12.4 Å². The maximum Gasteiger partial charge on any atom is 0.227 e. The summed E-state index contributed by atoms with van der Waals surface area (Å²) in [7, 11) is 0. The minimum atomic E-state index is -0.627. The average molecular weight is 326 g/mol. The molecule has 0 bridgehead atoms. The number of aliphatic hydroxyl groups excluding tert-OH is 1. The van der Waals surface area contributed by atoms with Gasteiger partial charge in [0.05, 0.1) is 19.1 Å². The molecular formula is C19H22N2O3. The van der Waals surface area contributed by atoms with Crippen LogP contribution in [0.5, 0.6) is 5.75 Å². The van der Waals surface area contributed by atoms with Crippen molar-refractivity contribution in [3.8, 4) is 5.75 Å². The van der Waals surface area contributed by atoms with Crippen molar-refractivity contribution < 1.29 is 14.6 Å². The van der Waals surface area contributed by atoms with E-state index in [-0.39, 0.29) is 12.3 Å². The van der Waals surface area contributed by atoms with Gasteiger partial charge in [-0.05, 0) is 28.8 Å². The fourth-order valence-corrected chi connectivity index (χ4v) is 2.98. The summed E-state index contributed by atoms with van der Waals surface area (Å²) < 4.78 is 5.50. The summed E-state index contributed by atoms with van der Waals surface area (Å²) in [6.07, 6.45) is -0.340. The van der Waals surface area contributed by atoms with E-state index in [9.17, 15) is 9.90 Å². The molecule has 0 fully saturated rings. The Morgan fingerprint density at radius 1 is 1.25 bits per heavy atom. The highest BCUT2D eigenvalue weighted by molar-refractivity contribution is 5.79. The first-order valence-corrected chi connectivity index (χ1v) is 8.13. The first-order valence-electron chi connectivity index (χ1n) is 8.13. The smallest absolute Gasteiger partial charge is 0.227 e. The maximum absolute atomic E-state index is 12.6. The van der Waals surface area contributed by atoms with Crippen molar-refractivity contribution >= 4 is 5.91 Å². The Bertz CT molecular complexity index is 717. The van der Waals surface area contributed by atoms with Crippen molar-refractivity contribution in [1.82, 2.24) is 4.90 Å². The predicted molar refractivity (Wildman–Crippen MR) is 91.5 cm³/mol. The third-order valence-corrected chi connectivity index (χ3v) is 4.16. The molecule has 3 N–H and O–H groups in total. The summed E-state index contributed by atoms with van der Waals surface area (Å²) in [5.74, 6) is 0.717. The van der Waals surface area contributed by atoms with Gasteiger partial charge in [0.15, 0.2) is 0 Å². The van der Waals surface area contributed by atoms with Crippen LogP contribution in [0.3, 0.4) is 0 Å². The molecule has 126 valence electrons. The predicted octanol–water partition coefficient (Wildman–Crippen LogP) is 1.64. The van der Waals surface area contributed by atoms with Gasteiger partial charge in [-0.2, -0.15) is 0 Å². The largest absolute Gasteiger partial charge is 0.492 e. The molecule has 0 saturated carbocycles. The molecule has 0 radical (unpaired) electrons. The molecule has 0 unspecified atom stereocenters. The van der Waals surface area contributed by atoms with E-state index < -0.39 is 6.10 Å². The number of hydrogen-bond donors (Lipinski definition) is 2. The van der Waals surface area contributed by atoms with Crippen LogP contribution in [-0.2, 0) is 17.8 Å². The van der Waals surface area contributed by atoms with Crippen LogP contribution in [0.15, 0.2) is 48.5 Å². The Morgan fingerprint density at radius 3 is 2.92 bits per heavy atom. The molecule has 3 rings (SSSR count). The number of carbonyl (C=O) groups excluding carboxylic acids is 1. The van der Waals surface area contributed by atoms with Gasteiger partial charge in [0.25, 0.3) is 0 Å². The molecule has 5 heteroatoms. The van der Waals surface area contributed by atoms with Crippen LogP contribution in [0.2, 0.25) is 0 Å². The lowest BCUT2D eigenvalue weighted by Gasteiger charge is -2.32. The van der Waals surface area contributed by atoms with E-state index in [1.807, 2.05) is 48.5 Å². The summed E-state index contributed by atoms with van der Waals surface area (Å²) >= 11 is 0. The quantitative estimate of drug-likeness (QED) is 0.876. The number of fused-ring (bicyclic) bond motifs is 1. The van der Waals surface area contributed by atoms with Crippen LogP contribution < -0.4 is 10.5 Å². The number of aliphatic hydroxyl groups is 1. The number of amides is 1. The zero-order chi connectivity index (χ0) is 16.9. The van der Waals surface area contributed by atoms with Gasteiger partial charge >= 0.3 is 0 Å². The molecule has 5 nitrogen and oxygen atoms in total. The number of carbonyl (C=O) groups is 1. The second kappa shape index (κ2) is 7.47. The highest BCUT2D eigenvalue weighted by atomic mass is 16.5. The van der Waals surface area contributed by atoms with Crippen LogP contribution in [0.4, 0.5) is 0 Å². The minimum absolute atomic E-state index is 0.000437. The van der Waals surface area contributed by atoms with Crippen LogP contribution in [0.1, 0.15) is 22.8 Å². The van der Waals surface area contributed by atoms with Crippen molar-refractivity contribution in [2.45, 2.75) is 19.1 Å². The molecule has 24 heavy (non-hydrogen) atoms. The van der Waals surface area contributed by atoms with Crippen LogP contribution in [0.25, 0.3) is 0 Å². The minimum Gasteiger partial charge on any atom is -0.492 e. The van der Waals surface area contributed by atoms with E-state index >= 15 is 0 Å². The third-order valence-electron chi connectivity index (χ3n) is 4.16. The van der Waals surface area contributed by atoms with Crippen LogP contribution >= 0.6 is 0 Å². The molecule has 1 heterocycles. The summed E-state index contributed by atoms with van der Waals surface area (Å²) in [6, 6.07) is 15.2. The van der Waals surface area contributed by atoms with E-state index in [1.54, 1.807) is 4.90 Å². The normalized spacial score (nSPS) is 16.6. The molecule has 1 aliphatic rings. The van der Waals surface area contributed by atoms with E-state index in [0.717, 1.165) is 22.4 Å². The molecule has 1 atom stereocenters. The second-order valence-corrected chi connectivity index (χ2v) is 5.95. The number of nitrogens with two attached hydrogens (primary N) is 1. The van der Waals surface area contributed by atoms with Crippen molar-refractivity contribution in [3.05, 3.63) is 65.2 Å². The van der Waals surface area contributed by atoms with Gasteiger partial charge in [-0.25, -0.2) is 0 Å². The molecule has 0 saturated heterocycles. The Labute approximate surface area is 141 Å². The van der Waals surface area contributed by atoms with E-state index in [0.29, 0.717) is 26.2 Å². The van der Waals surface area contributed by atoms with Gasteiger partial charge in [-0.15, -0.1) is 0 Å². The third kappa shape index (κ3) is 3.75. The summed E-state index contributed by atoms with van der Waals surface area (Å²) in [5.41, 5.74) is 8.25. The van der Waals surface area contributed by atoms with Gasteiger partial charge in [-0.3, -0.25) is 4.79 Å². The fourth-order valence-electron chi connectivity index (χ4n) is 2.98. The lowest BCUT2D eigenvalue weighted by Crippen LogP contribution is -2.39. The standard InChI is InChI=1S/C19H22N2O3/c20-8-9-24-16-6-3-4-14(10-16)11-19(23)21-12-15-5-1-2-7-17(15)18(22)13-21/h1-7,10,18,22H,8-9,11-13,20H2/t18-/m1/s1. The van der Waals surface area contributed by atoms with Gasteiger partial charge in [0, 0.05) is 13.1 Å². The van der Waals surface area contributed by atoms with Gasteiger partial charge < -0.3 is 20.5 Å².